The summed E-state index contributed by atoms with van der Waals surface area (Å²) in [5.74, 6) is 0. The van der Waals surface area contributed by atoms with E-state index in [4.69, 9.17) is 17.3 Å². The molecule has 25 heavy (non-hydrogen) atoms. The van der Waals surface area contributed by atoms with Crippen molar-refractivity contribution in [1.29, 1.82) is 0 Å². The van der Waals surface area contributed by atoms with Gasteiger partial charge in [-0.05, 0) is 29.7 Å². The van der Waals surface area contributed by atoms with Crippen LogP contribution < -0.4 is 11.1 Å². The average molecular weight is 351 g/mol. The van der Waals surface area contributed by atoms with Gasteiger partial charge in [-0.3, -0.25) is 5.32 Å². The fourth-order valence-corrected chi connectivity index (χ4v) is 3.57. The van der Waals surface area contributed by atoms with Crippen molar-refractivity contribution < 1.29 is 0 Å². The van der Waals surface area contributed by atoms with Crippen LogP contribution in [0.1, 0.15) is 22.3 Å². The van der Waals surface area contributed by atoms with Crippen molar-refractivity contribution in [2.45, 2.75) is 12.5 Å². The molecule has 0 saturated heterocycles. The highest BCUT2D eigenvalue weighted by Gasteiger charge is 2.37. The van der Waals surface area contributed by atoms with Gasteiger partial charge in [0.2, 0.25) is 0 Å². The minimum absolute atomic E-state index is 0.547. The number of nitrogens with one attached hydrogen (secondary N) is 1. The molecule has 0 aliphatic carbocycles. The van der Waals surface area contributed by atoms with Crippen molar-refractivity contribution in [3.63, 3.8) is 0 Å². The number of hydrogen-bond acceptors (Lipinski definition) is 2. The van der Waals surface area contributed by atoms with Gasteiger partial charge >= 0.3 is 0 Å². The zero-order chi connectivity index (χ0) is 17.7. The molecule has 1 unspecified atom stereocenters. The Morgan fingerprint density at radius 3 is 2.08 bits per heavy atom. The number of rotatable bonds is 6. The Balaban J connectivity index is 2.31. The van der Waals surface area contributed by atoms with Crippen LogP contribution >= 0.6 is 11.6 Å². The molecular weight excluding hydrogens is 328 g/mol. The molecule has 0 radical (unpaired) electrons. The van der Waals surface area contributed by atoms with Crippen LogP contribution in [-0.4, -0.2) is 13.1 Å². The molecule has 0 aliphatic heterocycles. The van der Waals surface area contributed by atoms with Crippen LogP contribution in [0.2, 0.25) is 5.02 Å². The van der Waals surface area contributed by atoms with E-state index in [1.807, 2.05) is 24.3 Å². The lowest BCUT2D eigenvalue weighted by molar-refractivity contribution is 0.479. The summed E-state index contributed by atoms with van der Waals surface area (Å²) in [7, 11) is 0. The van der Waals surface area contributed by atoms with Gasteiger partial charge < -0.3 is 5.73 Å². The van der Waals surface area contributed by atoms with E-state index in [1.165, 1.54) is 5.56 Å². The van der Waals surface area contributed by atoms with Gasteiger partial charge in [0.05, 0.1) is 5.54 Å². The van der Waals surface area contributed by atoms with Crippen LogP contribution in [0.15, 0.2) is 78.9 Å². The minimum Gasteiger partial charge on any atom is -0.329 e. The summed E-state index contributed by atoms with van der Waals surface area (Å²) < 4.78 is 0. The van der Waals surface area contributed by atoms with Crippen LogP contribution in [0, 0.1) is 6.92 Å². The molecule has 0 bridgehead atoms. The fourth-order valence-electron chi connectivity index (χ4n) is 3.29. The second-order valence-electron chi connectivity index (χ2n) is 6.18. The smallest absolute Gasteiger partial charge is 0.0962 e. The summed E-state index contributed by atoms with van der Waals surface area (Å²) in [6, 6.07) is 27.0. The Labute approximate surface area is 154 Å². The lowest BCUT2D eigenvalue weighted by Gasteiger charge is -2.37. The molecule has 1 atom stereocenters. The summed E-state index contributed by atoms with van der Waals surface area (Å²) >= 11 is 6.65. The van der Waals surface area contributed by atoms with Crippen LogP contribution in [0.25, 0.3) is 0 Å². The van der Waals surface area contributed by atoms with Gasteiger partial charge in [-0.15, -0.1) is 0 Å². The molecule has 0 aromatic heterocycles. The van der Waals surface area contributed by atoms with Crippen LogP contribution in [0.5, 0.6) is 0 Å². The number of aryl methyl sites for hydroxylation is 1. The third-order valence-electron chi connectivity index (χ3n) is 4.50. The second-order valence-corrected chi connectivity index (χ2v) is 6.58. The van der Waals surface area contributed by atoms with Gasteiger partial charge in [0.1, 0.15) is 0 Å². The summed E-state index contributed by atoms with van der Waals surface area (Å²) in [5.41, 5.74) is 9.82. The van der Waals surface area contributed by atoms with Crippen LogP contribution in [-0.2, 0) is 5.54 Å². The maximum Gasteiger partial charge on any atom is 0.0962 e. The van der Waals surface area contributed by atoms with E-state index >= 15 is 0 Å². The van der Waals surface area contributed by atoms with Gasteiger partial charge in [0.25, 0.3) is 0 Å². The normalized spacial score (nSPS) is 13.4. The van der Waals surface area contributed by atoms with E-state index < -0.39 is 5.54 Å². The van der Waals surface area contributed by atoms with Gasteiger partial charge in [0, 0.05) is 18.1 Å². The summed E-state index contributed by atoms with van der Waals surface area (Å²) in [5, 5.41) is 4.42. The molecule has 0 heterocycles. The zero-order valence-electron chi connectivity index (χ0n) is 14.4. The average Bonchev–Trinajstić information content (AvgIpc) is 2.65. The molecule has 0 aliphatic rings. The highest BCUT2D eigenvalue weighted by Crippen LogP contribution is 2.40. The van der Waals surface area contributed by atoms with E-state index in [0.717, 1.165) is 21.7 Å². The summed E-state index contributed by atoms with van der Waals surface area (Å²) in [4.78, 5) is 0. The van der Waals surface area contributed by atoms with Gasteiger partial charge in [-0.2, -0.15) is 0 Å². The van der Waals surface area contributed by atoms with Gasteiger partial charge in [0.15, 0.2) is 0 Å². The van der Waals surface area contributed by atoms with E-state index in [0.29, 0.717) is 13.1 Å². The second kappa shape index (κ2) is 7.83. The molecule has 3 heteroatoms. The molecule has 3 N–H and O–H groups in total. The van der Waals surface area contributed by atoms with Crippen molar-refractivity contribution in [3.8, 4) is 0 Å². The van der Waals surface area contributed by atoms with Crippen molar-refractivity contribution >= 4 is 11.6 Å². The summed E-state index contributed by atoms with van der Waals surface area (Å²) in [6.45, 7) is 3.32. The molecule has 2 nitrogen and oxygen atoms in total. The maximum atomic E-state index is 6.65. The molecule has 0 amide bonds. The van der Waals surface area contributed by atoms with E-state index in [9.17, 15) is 0 Å². The number of hydrogen-bond donors (Lipinski definition) is 2. The van der Waals surface area contributed by atoms with Crippen molar-refractivity contribution in [2.75, 3.05) is 13.1 Å². The predicted molar refractivity (Wildman–Crippen MR) is 106 cm³/mol. The van der Waals surface area contributed by atoms with Crippen LogP contribution in [0.4, 0.5) is 0 Å². The topological polar surface area (TPSA) is 38.0 Å². The zero-order valence-corrected chi connectivity index (χ0v) is 15.1. The third-order valence-corrected chi connectivity index (χ3v) is 4.83. The molecule has 3 aromatic carbocycles. The van der Waals surface area contributed by atoms with Crippen molar-refractivity contribution in [2.24, 2.45) is 5.73 Å². The van der Waals surface area contributed by atoms with E-state index in [2.05, 4.69) is 66.8 Å². The largest absolute Gasteiger partial charge is 0.329 e. The van der Waals surface area contributed by atoms with Gasteiger partial charge in [-0.25, -0.2) is 0 Å². The van der Waals surface area contributed by atoms with Crippen molar-refractivity contribution in [3.05, 3.63) is 106 Å². The first-order chi connectivity index (χ1) is 12.2. The predicted octanol–water partition coefficient (Wildman–Crippen LogP) is 4.49. The molecular formula is C22H23ClN2. The third kappa shape index (κ3) is 3.47. The minimum atomic E-state index is -0.549. The molecule has 3 rings (SSSR count). The van der Waals surface area contributed by atoms with Gasteiger partial charge in [-0.1, -0.05) is 90.0 Å². The van der Waals surface area contributed by atoms with Crippen molar-refractivity contribution in [1.82, 2.24) is 5.32 Å². The number of nitrogens with two attached hydrogens (primary N) is 1. The Hall–Kier alpha value is -2.13. The fraction of sp³-hybridized carbons (Fsp3) is 0.182. The van der Waals surface area contributed by atoms with Crippen LogP contribution in [0.3, 0.4) is 0 Å². The summed E-state index contributed by atoms with van der Waals surface area (Å²) in [6.07, 6.45) is 0. The molecule has 128 valence electrons. The standard InChI is InChI=1S/C22H23ClN2/c1-17-11-13-19(14-12-17)22(25-16-15-24,18-7-3-2-4-8-18)20-9-5-6-10-21(20)23/h2-14,25H,15-16,24H2,1H3. The highest BCUT2D eigenvalue weighted by molar-refractivity contribution is 6.31. The Bertz CT molecular complexity index is 815. The first-order valence-corrected chi connectivity index (χ1v) is 8.89. The number of benzene rings is 3. The number of halogens is 1. The van der Waals surface area contributed by atoms with E-state index in [1.54, 1.807) is 0 Å². The quantitative estimate of drug-likeness (QED) is 0.643. The molecule has 3 aromatic rings. The lowest BCUT2D eigenvalue weighted by Crippen LogP contribution is -2.46. The highest BCUT2D eigenvalue weighted by atomic mass is 35.5. The first-order valence-electron chi connectivity index (χ1n) is 8.51. The molecule has 0 spiro atoms. The Morgan fingerprint density at radius 2 is 1.44 bits per heavy atom. The Kier molecular flexibility index (Phi) is 5.54. The molecule has 0 saturated carbocycles. The van der Waals surface area contributed by atoms with E-state index in [-0.39, 0.29) is 0 Å². The Morgan fingerprint density at radius 1 is 0.840 bits per heavy atom. The maximum absolute atomic E-state index is 6.65. The first kappa shape index (κ1) is 17.7. The molecule has 0 fully saturated rings. The monoisotopic (exact) mass is 350 g/mol. The lowest BCUT2D eigenvalue weighted by atomic mass is 9.76. The SMILES string of the molecule is Cc1ccc(C(NCCN)(c2ccccc2)c2ccccc2Cl)cc1.